The first-order valence-electron chi connectivity index (χ1n) is 4.79. The molecule has 0 saturated heterocycles. The molecule has 1 aromatic rings. The van der Waals surface area contributed by atoms with Crippen LogP contribution in [-0.4, -0.2) is 31.0 Å². The van der Waals surface area contributed by atoms with Gasteiger partial charge in [0.25, 0.3) is 0 Å². The van der Waals surface area contributed by atoms with Crippen LogP contribution in [0.25, 0.3) is 0 Å². The van der Waals surface area contributed by atoms with Crippen molar-refractivity contribution in [3.8, 4) is 5.75 Å². The molecule has 0 saturated carbocycles. The number of carboxylic acids is 1. The van der Waals surface area contributed by atoms with Gasteiger partial charge in [-0.2, -0.15) is 0 Å². The summed E-state index contributed by atoms with van der Waals surface area (Å²) in [7, 11) is 1.57. The third kappa shape index (κ3) is 2.48. The Morgan fingerprint density at radius 3 is 2.75 bits per heavy atom. The van der Waals surface area contributed by atoms with E-state index in [9.17, 15) is 4.79 Å². The largest absolute Gasteiger partial charge is 0.496 e. The van der Waals surface area contributed by atoms with Crippen LogP contribution in [0.3, 0.4) is 0 Å². The fraction of sp³-hybridized carbons (Fsp3) is 0.364. The lowest BCUT2D eigenvalue weighted by molar-refractivity contribution is -0.138. The minimum Gasteiger partial charge on any atom is -0.496 e. The molecule has 0 amide bonds. The lowest BCUT2D eigenvalue weighted by Gasteiger charge is -2.16. The number of aliphatic carboxylic acids is 1. The molecule has 0 heterocycles. The third-order valence-corrected chi connectivity index (χ3v) is 3.19. The lowest BCUT2D eigenvalue weighted by Crippen LogP contribution is -2.21. The summed E-state index contributed by atoms with van der Waals surface area (Å²) in [6, 6.07) is 5.37. The molecule has 16 heavy (non-hydrogen) atoms. The Hall–Kier alpha value is -1.20. The highest BCUT2D eigenvalue weighted by Crippen LogP contribution is 2.35. The highest BCUT2D eigenvalue weighted by Gasteiger charge is 2.22. The van der Waals surface area contributed by atoms with Gasteiger partial charge in [-0.15, -0.1) is 11.8 Å². The van der Waals surface area contributed by atoms with Gasteiger partial charge in [0.1, 0.15) is 5.75 Å². The maximum absolute atomic E-state index is 11.1. The standard InChI is InChI=1S/C11H15NO3S/c1-15-9-5-3-4-7(10(9)16-2)8(6-12)11(13)14/h3-5,8H,6,12H2,1-2H3,(H,13,14). The number of nitrogens with two attached hydrogens (primary N) is 1. The molecule has 0 radical (unpaired) electrons. The third-order valence-electron chi connectivity index (χ3n) is 2.34. The zero-order valence-electron chi connectivity index (χ0n) is 9.27. The van der Waals surface area contributed by atoms with Crippen LogP contribution in [0.5, 0.6) is 5.75 Å². The van der Waals surface area contributed by atoms with Crippen molar-refractivity contribution in [3.05, 3.63) is 23.8 Å². The molecule has 88 valence electrons. The van der Waals surface area contributed by atoms with E-state index in [1.165, 1.54) is 11.8 Å². The first-order chi connectivity index (χ1) is 7.65. The average Bonchev–Trinajstić information content (AvgIpc) is 2.29. The number of carboxylic acid groups (broad SMARTS) is 1. The SMILES string of the molecule is COc1cccc(C(CN)C(=O)O)c1SC. The highest BCUT2D eigenvalue weighted by molar-refractivity contribution is 7.98. The average molecular weight is 241 g/mol. The number of methoxy groups -OCH3 is 1. The van der Waals surface area contributed by atoms with Crippen LogP contribution in [0.2, 0.25) is 0 Å². The number of carbonyl (C=O) groups is 1. The number of ether oxygens (including phenoxy) is 1. The summed E-state index contributed by atoms with van der Waals surface area (Å²) in [5, 5.41) is 9.08. The molecule has 1 aromatic carbocycles. The molecule has 3 N–H and O–H groups in total. The number of rotatable bonds is 5. The van der Waals surface area contributed by atoms with Crippen molar-refractivity contribution < 1.29 is 14.6 Å². The minimum absolute atomic E-state index is 0.0794. The van der Waals surface area contributed by atoms with E-state index in [4.69, 9.17) is 15.6 Å². The molecule has 0 aliphatic rings. The fourth-order valence-corrected chi connectivity index (χ4v) is 2.35. The Morgan fingerprint density at radius 2 is 2.31 bits per heavy atom. The fourth-order valence-electron chi connectivity index (χ4n) is 1.55. The Balaban J connectivity index is 3.25. The molecule has 0 aliphatic carbocycles. The van der Waals surface area contributed by atoms with Gasteiger partial charge in [0, 0.05) is 6.54 Å². The van der Waals surface area contributed by atoms with Crippen molar-refractivity contribution in [2.24, 2.45) is 5.73 Å². The van der Waals surface area contributed by atoms with Gasteiger partial charge >= 0.3 is 5.97 Å². The molecule has 5 heteroatoms. The maximum atomic E-state index is 11.1. The van der Waals surface area contributed by atoms with Gasteiger partial charge in [0.15, 0.2) is 0 Å². The first kappa shape index (κ1) is 12.9. The zero-order valence-corrected chi connectivity index (χ0v) is 10.1. The van der Waals surface area contributed by atoms with Crippen LogP contribution in [-0.2, 0) is 4.79 Å². The van der Waals surface area contributed by atoms with E-state index in [1.807, 2.05) is 12.3 Å². The zero-order chi connectivity index (χ0) is 12.1. The van der Waals surface area contributed by atoms with Crippen LogP contribution in [0.1, 0.15) is 11.5 Å². The molecule has 1 unspecified atom stereocenters. The summed E-state index contributed by atoms with van der Waals surface area (Å²) in [6.45, 7) is 0.0794. The Kier molecular flexibility index (Phi) is 4.64. The van der Waals surface area contributed by atoms with E-state index >= 15 is 0 Å². The summed E-state index contributed by atoms with van der Waals surface area (Å²) in [4.78, 5) is 11.9. The van der Waals surface area contributed by atoms with Crippen LogP contribution < -0.4 is 10.5 Å². The number of thioether (sulfide) groups is 1. The second-order valence-corrected chi connectivity index (χ2v) is 4.03. The first-order valence-corrected chi connectivity index (χ1v) is 6.02. The van der Waals surface area contributed by atoms with E-state index in [-0.39, 0.29) is 6.54 Å². The molecular weight excluding hydrogens is 226 g/mol. The van der Waals surface area contributed by atoms with Gasteiger partial charge in [0.2, 0.25) is 0 Å². The monoisotopic (exact) mass is 241 g/mol. The van der Waals surface area contributed by atoms with Crippen molar-refractivity contribution in [3.63, 3.8) is 0 Å². The quantitative estimate of drug-likeness (QED) is 0.765. The maximum Gasteiger partial charge on any atom is 0.312 e. The van der Waals surface area contributed by atoms with Crippen molar-refractivity contribution >= 4 is 17.7 Å². The van der Waals surface area contributed by atoms with E-state index in [0.29, 0.717) is 11.3 Å². The van der Waals surface area contributed by atoms with Gasteiger partial charge in [-0.05, 0) is 17.9 Å². The molecule has 0 aliphatic heterocycles. The van der Waals surface area contributed by atoms with E-state index in [2.05, 4.69) is 0 Å². The molecule has 1 atom stereocenters. The van der Waals surface area contributed by atoms with Gasteiger partial charge in [-0.3, -0.25) is 4.79 Å². The summed E-state index contributed by atoms with van der Waals surface area (Å²) < 4.78 is 5.20. The second-order valence-electron chi connectivity index (χ2n) is 3.21. The van der Waals surface area contributed by atoms with Gasteiger partial charge < -0.3 is 15.6 Å². The van der Waals surface area contributed by atoms with Crippen LogP contribution in [0, 0.1) is 0 Å². The van der Waals surface area contributed by atoms with E-state index in [0.717, 1.165) is 4.90 Å². The van der Waals surface area contributed by atoms with Crippen molar-refractivity contribution in [1.82, 2.24) is 0 Å². The summed E-state index contributed by atoms with van der Waals surface area (Å²) in [5.41, 5.74) is 6.20. The predicted molar refractivity (Wildman–Crippen MR) is 64.2 cm³/mol. The van der Waals surface area contributed by atoms with Gasteiger partial charge in [0.05, 0.1) is 17.9 Å². The van der Waals surface area contributed by atoms with Gasteiger partial charge in [-0.1, -0.05) is 12.1 Å². The smallest absolute Gasteiger partial charge is 0.312 e. The summed E-state index contributed by atoms with van der Waals surface area (Å²) >= 11 is 1.46. The molecule has 0 fully saturated rings. The topological polar surface area (TPSA) is 72.5 Å². The highest BCUT2D eigenvalue weighted by atomic mass is 32.2. The number of hydrogen-bond donors (Lipinski definition) is 2. The van der Waals surface area contributed by atoms with E-state index in [1.54, 1.807) is 19.2 Å². The van der Waals surface area contributed by atoms with Crippen molar-refractivity contribution in [1.29, 1.82) is 0 Å². The Morgan fingerprint density at radius 1 is 1.62 bits per heavy atom. The Bertz CT molecular complexity index is 381. The summed E-state index contributed by atoms with van der Waals surface area (Å²) in [5.74, 6) is -0.909. The van der Waals surface area contributed by atoms with Crippen LogP contribution in [0.4, 0.5) is 0 Å². The molecule has 1 rings (SSSR count). The second kappa shape index (κ2) is 5.77. The van der Waals surface area contributed by atoms with Crippen LogP contribution >= 0.6 is 11.8 Å². The van der Waals surface area contributed by atoms with Crippen molar-refractivity contribution in [2.45, 2.75) is 10.8 Å². The molecule has 4 nitrogen and oxygen atoms in total. The van der Waals surface area contributed by atoms with Crippen molar-refractivity contribution in [2.75, 3.05) is 19.9 Å². The normalized spacial score (nSPS) is 12.2. The molecule has 0 bridgehead atoms. The molecular formula is C11H15NO3S. The van der Waals surface area contributed by atoms with E-state index < -0.39 is 11.9 Å². The predicted octanol–water partition coefficient (Wildman–Crippen LogP) is 1.54. The Labute approximate surface area is 98.8 Å². The summed E-state index contributed by atoms with van der Waals surface area (Å²) in [6.07, 6.45) is 1.89. The molecule has 0 spiro atoms. The molecule has 0 aromatic heterocycles. The van der Waals surface area contributed by atoms with Gasteiger partial charge in [-0.25, -0.2) is 0 Å². The minimum atomic E-state index is -0.911. The number of benzene rings is 1. The lowest BCUT2D eigenvalue weighted by atomic mass is 9.99. The number of hydrogen-bond acceptors (Lipinski definition) is 4. The van der Waals surface area contributed by atoms with Crippen LogP contribution in [0.15, 0.2) is 23.1 Å².